The van der Waals surface area contributed by atoms with E-state index in [2.05, 4.69) is 43.2 Å². The van der Waals surface area contributed by atoms with Gasteiger partial charge < -0.3 is 9.80 Å². The number of rotatable bonds is 5. The van der Waals surface area contributed by atoms with Crippen LogP contribution in [0.4, 0.5) is 0 Å². The van der Waals surface area contributed by atoms with Crippen molar-refractivity contribution in [2.45, 2.75) is 45.2 Å². The van der Waals surface area contributed by atoms with Gasteiger partial charge in [0, 0.05) is 18.6 Å². The van der Waals surface area contributed by atoms with Gasteiger partial charge in [-0.2, -0.15) is 0 Å². The minimum absolute atomic E-state index is 0.406. The predicted molar refractivity (Wildman–Crippen MR) is 73.7 cm³/mol. The number of hydrogen-bond donors (Lipinski definition) is 2. The minimum Gasteiger partial charge on any atom is -0.305 e. The Hall–Kier alpha value is -0.160. The molecule has 0 saturated carbocycles. The molecule has 17 heavy (non-hydrogen) atoms. The van der Waals surface area contributed by atoms with Crippen LogP contribution in [0.15, 0.2) is 0 Å². The number of hydrazine groups is 1. The van der Waals surface area contributed by atoms with Gasteiger partial charge >= 0.3 is 0 Å². The van der Waals surface area contributed by atoms with E-state index in [1.165, 1.54) is 25.9 Å². The molecule has 3 N–H and O–H groups in total. The fourth-order valence-corrected chi connectivity index (χ4v) is 2.64. The smallest absolute Gasteiger partial charge is 0.0386 e. The van der Waals surface area contributed by atoms with Gasteiger partial charge in [0.25, 0.3) is 0 Å². The normalized spacial score (nSPS) is 26.1. The van der Waals surface area contributed by atoms with Crippen LogP contribution in [0.2, 0.25) is 0 Å². The Morgan fingerprint density at radius 1 is 1.24 bits per heavy atom. The summed E-state index contributed by atoms with van der Waals surface area (Å²) in [5.41, 5.74) is 3.04. The van der Waals surface area contributed by atoms with Gasteiger partial charge in [0.1, 0.15) is 0 Å². The number of nitrogens with one attached hydrogen (secondary N) is 1. The molecule has 4 heteroatoms. The van der Waals surface area contributed by atoms with Crippen molar-refractivity contribution in [2.75, 3.05) is 33.7 Å². The first-order chi connectivity index (χ1) is 8.04. The Labute approximate surface area is 106 Å². The highest BCUT2D eigenvalue weighted by atomic mass is 15.3. The molecule has 0 spiro atoms. The van der Waals surface area contributed by atoms with Crippen molar-refractivity contribution >= 4 is 0 Å². The third kappa shape index (κ3) is 4.92. The number of nitrogens with zero attached hydrogens (tertiary/aromatic N) is 2. The van der Waals surface area contributed by atoms with Gasteiger partial charge in [-0.05, 0) is 52.4 Å². The molecule has 0 amide bonds. The third-order valence-electron chi connectivity index (χ3n) is 3.85. The monoisotopic (exact) mass is 242 g/mol. The SMILES string of the molecule is CC(C)CCC(NN)C1CN(C)CCCN1C. The molecule has 1 aliphatic heterocycles. The molecule has 1 rings (SSSR count). The van der Waals surface area contributed by atoms with Gasteiger partial charge in [0.05, 0.1) is 0 Å². The number of likely N-dealkylation sites (N-methyl/N-ethyl adjacent to an activating group) is 2. The van der Waals surface area contributed by atoms with E-state index in [9.17, 15) is 0 Å². The van der Waals surface area contributed by atoms with E-state index in [1.54, 1.807) is 0 Å². The molecule has 1 fully saturated rings. The zero-order valence-electron chi connectivity index (χ0n) is 11.9. The van der Waals surface area contributed by atoms with Gasteiger partial charge in [-0.3, -0.25) is 11.3 Å². The van der Waals surface area contributed by atoms with Crippen LogP contribution in [0, 0.1) is 5.92 Å². The van der Waals surface area contributed by atoms with Crippen LogP contribution in [0.25, 0.3) is 0 Å². The molecule has 0 aliphatic carbocycles. The fourth-order valence-electron chi connectivity index (χ4n) is 2.64. The fraction of sp³-hybridized carbons (Fsp3) is 1.00. The maximum atomic E-state index is 5.75. The molecule has 102 valence electrons. The standard InChI is InChI=1S/C13H30N4/c1-11(2)6-7-12(15-14)13-10-16(3)8-5-9-17(13)4/h11-13,15H,5-10,14H2,1-4H3. The van der Waals surface area contributed by atoms with Crippen molar-refractivity contribution in [2.24, 2.45) is 11.8 Å². The topological polar surface area (TPSA) is 44.5 Å². The molecule has 2 atom stereocenters. The predicted octanol–water partition coefficient (Wildman–Crippen LogP) is 0.890. The summed E-state index contributed by atoms with van der Waals surface area (Å²) in [5, 5.41) is 0. The lowest BCUT2D eigenvalue weighted by molar-refractivity contribution is 0.169. The van der Waals surface area contributed by atoms with Crippen molar-refractivity contribution in [3.63, 3.8) is 0 Å². The maximum absolute atomic E-state index is 5.75. The van der Waals surface area contributed by atoms with E-state index in [0.29, 0.717) is 12.1 Å². The summed E-state index contributed by atoms with van der Waals surface area (Å²) >= 11 is 0. The highest BCUT2D eigenvalue weighted by molar-refractivity contribution is 4.86. The van der Waals surface area contributed by atoms with E-state index in [4.69, 9.17) is 5.84 Å². The number of hydrogen-bond acceptors (Lipinski definition) is 4. The lowest BCUT2D eigenvalue weighted by Gasteiger charge is -2.34. The summed E-state index contributed by atoms with van der Waals surface area (Å²) in [5.74, 6) is 6.50. The second kappa shape index (κ2) is 7.31. The first kappa shape index (κ1) is 14.9. The van der Waals surface area contributed by atoms with Crippen LogP contribution >= 0.6 is 0 Å². The van der Waals surface area contributed by atoms with Crippen LogP contribution < -0.4 is 11.3 Å². The molecule has 0 aromatic carbocycles. The zero-order valence-corrected chi connectivity index (χ0v) is 11.9. The molecular weight excluding hydrogens is 212 g/mol. The lowest BCUT2D eigenvalue weighted by Crippen LogP contribution is -2.54. The van der Waals surface area contributed by atoms with Gasteiger partial charge in [-0.15, -0.1) is 0 Å². The summed E-state index contributed by atoms with van der Waals surface area (Å²) in [4.78, 5) is 4.89. The lowest BCUT2D eigenvalue weighted by atomic mass is 9.97. The highest BCUT2D eigenvalue weighted by Crippen LogP contribution is 2.15. The minimum atomic E-state index is 0.406. The van der Waals surface area contributed by atoms with Crippen LogP contribution in [0.5, 0.6) is 0 Å². The molecule has 1 aliphatic rings. The van der Waals surface area contributed by atoms with Crippen molar-refractivity contribution in [1.82, 2.24) is 15.2 Å². The summed E-state index contributed by atoms with van der Waals surface area (Å²) in [7, 11) is 4.44. The van der Waals surface area contributed by atoms with Crippen molar-refractivity contribution < 1.29 is 0 Å². The van der Waals surface area contributed by atoms with Gasteiger partial charge in [-0.1, -0.05) is 13.8 Å². The summed E-state index contributed by atoms with van der Waals surface area (Å²) in [6.07, 6.45) is 3.66. The van der Waals surface area contributed by atoms with Crippen LogP contribution in [0.1, 0.15) is 33.1 Å². The quantitative estimate of drug-likeness (QED) is 0.555. The molecule has 0 aromatic rings. The largest absolute Gasteiger partial charge is 0.305 e. The molecule has 0 aromatic heterocycles. The van der Waals surface area contributed by atoms with E-state index in [0.717, 1.165) is 18.9 Å². The van der Waals surface area contributed by atoms with Crippen molar-refractivity contribution in [1.29, 1.82) is 0 Å². The van der Waals surface area contributed by atoms with E-state index < -0.39 is 0 Å². The molecule has 0 bridgehead atoms. The first-order valence-electron chi connectivity index (χ1n) is 6.89. The second-order valence-corrected chi connectivity index (χ2v) is 5.91. The average molecular weight is 242 g/mol. The Morgan fingerprint density at radius 2 is 1.94 bits per heavy atom. The van der Waals surface area contributed by atoms with E-state index >= 15 is 0 Å². The Morgan fingerprint density at radius 3 is 2.53 bits per heavy atom. The molecule has 4 nitrogen and oxygen atoms in total. The summed E-state index contributed by atoms with van der Waals surface area (Å²) < 4.78 is 0. The Bertz CT molecular complexity index is 208. The molecule has 0 radical (unpaired) electrons. The summed E-state index contributed by atoms with van der Waals surface area (Å²) in [6.45, 7) is 8.04. The van der Waals surface area contributed by atoms with Gasteiger partial charge in [0.15, 0.2) is 0 Å². The Kier molecular flexibility index (Phi) is 6.41. The van der Waals surface area contributed by atoms with E-state index in [-0.39, 0.29) is 0 Å². The van der Waals surface area contributed by atoms with Crippen molar-refractivity contribution in [3.8, 4) is 0 Å². The van der Waals surface area contributed by atoms with Crippen LogP contribution in [-0.2, 0) is 0 Å². The van der Waals surface area contributed by atoms with Crippen molar-refractivity contribution in [3.05, 3.63) is 0 Å². The maximum Gasteiger partial charge on any atom is 0.0386 e. The van der Waals surface area contributed by atoms with Crippen LogP contribution in [-0.4, -0.2) is 55.6 Å². The summed E-state index contributed by atoms with van der Waals surface area (Å²) in [6, 6.07) is 0.939. The highest BCUT2D eigenvalue weighted by Gasteiger charge is 2.27. The third-order valence-corrected chi connectivity index (χ3v) is 3.85. The zero-order chi connectivity index (χ0) is 12.8. The Balaban J connectivity index is 2.56. The molecular formula is C13H30N4. The van der Waals surface area contributed by atoms with Gasteiger partial charge in [-0.25, -0.2) is 0 Å². The molecule has 1 saturated heterocycles. The van der Waals surface area contributed by atoms with Crippen LogP contribution in [0.3, 0.4) is 0 Å². The van der Waals surface area contributed by atoms with E-state index in [1.807, 2.05) is 0 Å². The molecule has 1 heterocycles. The van der Waals surface area contributed by atoms with Gasteiger partial charge in [0.2, 0.25) is 0 Å². The first-order valence-corrected chi connectivity index (χ1v) is 6.89. The molecule has 2 unspecified atom stereocenters. The second-order valence-electron chi connectivity index (χ2n) is 5.91. The average Bonchev–Trinajstić information content (AvgIpc) is 2.42. The number of nitrogens with two attached hydrogens (primary N) is 1.